The van der Waals surface area contributed by atoms with Crippen molar-refractivity contribution in [2.75, 3.05) is 13.2 Å². The molecule has 1 heterocycles. The summed E-state index contributed by atoms with van der Waals surface area (Å²) in [6.45, 7) is 9.12. The summed E-state index contributed by atoms with van der Waals surface area (Å²) in [6, 6.07) is 0.726. The molecule has 0 aromatic rings. The van der Waals surface area contributed by atoms with Crippen LogP contribution in [0.5, 0.6) is 0 Å². The third-order valence-corrected chi connectivity index (χ3v) is 5.08. The fraction of sp³-hybridized carbons (Fsp3) is 1.00. The van der Waals surface area contributed by atoms with Gasteiger partial charge in [0.25, 0.3) is 0 Å². The molecule has 2 aliphatic rings. The van der Waals surface area contributed by atoms with Gasteiger partial charge in [-0.2, -0.15) is 0 Å². The van der Waals surface area contributed by atoms with Crippen molar-refractivity contribution >= 4 is 0 Å². The number of ether oxygens (including phenoxy) is 1. The van der Waals surface area contributed by atoms with Gasteiger partial charge in [-0.15, -0.1) is 0 Å². The maximum absolute atomic E-state index is 6.08. The Morgan fingerprint density at radius 3 is 2.63 bits per heavy atom. The number of rotatable bonds is 7. The molecule has 1 spiro atoms. The molecule has 0 amide bonds. The zero-order valence-electron chi connectivity index (χ0n) is 13.2. The molecule has 1 saturated heterocycles. The molecule has 19 heavy (non-hydrogen) atoms. The zero-order chi connectivity index (χ0) is 13.7. The second-order valence-electron chi connectivity index (χ2n) is 7.17. The zero-order valence-corrected chi connectivity index (χ0v) is 13.2. The third kappa shape index (κ3) is 4.19. The van der Waals surface area contributed by atoms with Crippen molar-refractivity contribution in [2.24, 2.45) is 11.8 Å². The van der Waals surface area contributed by atoms with E-state index < -0.39 is 0 Å². The van der Waals surface area contributed by atoms with E-state index in [2.05, 4.69) is 26.1 Å². The Morgan fingerprint density at radius 1 is 1.26 bits per heavy atom. The first-order chi connectivity index (χ1) is 9.15. The molecular weight excluding hydrogens is 234 g/mol. The van der Waals surface area contributed by atoms with Gasteiger partial charge in [-0.05, 0) is 69.7 Å². The Kier molecular flexibility index (Phi) is 5.70. The van der Waals surface area contributed by atoms with Gasteiger partial charge in [0.15, 0.2) is 0 Å². The lowest BCUT2D eigenvalue weighted by Gasteiger charge is -2.49. The normalized spacial score (nSPS) is 27.5. The highest BCUT2D eigenvalue weighted by molar-refractivity contribution is 4.96. The van der Waals surface area contributed by atoms with E-state index in [0.717, 1.165) is 24.5 Å². The molecule has 0 bridgehead atoms. The molecule has 2 heteroatoms. The Hall–Kier alpha value is -0.0800. The van der Waals surface area contributed by atoms with Gasteiger partial charge in [0.05, 0.1) is 5.60 Å². The molecule has 0 aromatic carbocycles. The topological polar surface area (TPSA) is 21.3 Å². The summed E-state index contributed by atoms with van der Waals surface area (Å²) >= 11 is 0. The number of nitrogens with one attached hydrogen (secondary N) is 1. The molecule has 2 rings (SSSR count). The first kappa shape index (κ1) is 15.3. The van der Waals surface area contributed by atoms with Gasteiger partial charge in [-0.1, -0.05) is 20.8 Å². The van der Waals surface area contributed by atoms with Crippen molar-refractivity contribution in [3.63, 3.8) is 0 Å². The Labute approximate surface area is 119 Å². The van der Waals surface area contributed by atoms with Gasteiger partial charge in [0.1, 0.15) is 0 Å². The van der Waals surface area contributed by atoms with Gasteiger partial charge in [0, 0.05) is 12.6 Å². The Balaban J connectivity index is 1.87. The third-order valence-electron chi connectivity index (χ3n) is 5.08. The average molecular weight is 267 g/mol. The predicted molar refractivity (Wildman–Crippen MR) is 81.4 cm³/mol. The van der Waals surface area contributed by atoms with Crippen LogP contribution in [0.3, 0.4) is 0 Å². The molecule has 2 fully saturated rings. The maximum atomic E-state index is 6.08. The van der Waals surface area contributed by atoms with Crippen LogP contribution in [0.15, 0.2) is 0 Å². The first-order valence-corrected chi connectivity index (χ1v) is 8.52. The van der Waals surface area contributed by atoms with Crippen molar-refractivity contribution in [2.45, 2.75) is 83.8 Å². The summed E-state index contributed by atoms with van der Waals surface area (Å²) < 4.78 is 6.08. The minimum absolute atomic E-state index is 0.299. The Morgan fingerprint density at radius 2 is 2.05 bits per heavy atom. The lowest BCUT2D eigenvalue weighted by molar-refractivity contribution is -0.147. The van der Waals surface area contributed by atoms with E-state index in [9.17, 15) is 0 Å². The molecule has 1 aliphatic heterocycles. The second kappa shape index (κ2) is 7.08. The van der Waals surface area contributed by atoms with E-state index in [-0.39, 0.29) is 0 Å². The highest BCUT2D eigenvalue weighted by atomic mass is 16.5. The van der Waals surface area contributed by atoms with E-state index in [4.69, 9.17) is 4.74 Å². The highest BCUT2D eigenvalue weighted by Gasteiger charge is 2.44. The van der Waals surface area contributed by atoms with Gasteiger partial charge >= 0.3 is 0 Å². The van der Waals surface area contributed by atoms with Crippen LogP contribution in [0.4, 0.5) is 0 Å². The molecule has 112 valence electrons. The number of hydrogen-bond donors (Lipinski definition) is 1. The molecule has 0 radical (unpaired) electrons. The van der Waals surface area contributed by atoms with Gasteiger partial charge in [-0.25, -0.2) is 0 Å². The molecule has 0 aromatic heterocycles. The minimum Gasteiger partial charge on any atom is -0.375 e. The van der Waals surface area contributed by atoms with Gasteiger partial charge < -0.3 is 10.1 Å². The first-order valence-electron chi connectivity index (χ1n) is 8.52. The molecular formula is C17H33NO. The van der Waals surface area contributed by atoms with Crippen LogP contribution in [0, 0.1) is 11.8 Å². The minimum atomic E-state index is 0.299. The lowest BCUT2D eigenvalue weighted by atomic mass is 9.70. The summed E-state index contributed by atoms with van der Waals surface area (Å²) in [5.41, 5.74) is 0.299. The molecule has 1 N–H and O–H groups in total. The van der Waals surface area contributed by atoms with Crippen molar-refractivity contribution in [1.29, 1.82) is 0 Å². The van der Waals surface area contributed by atoms with Gasteiger partial charge in [0.2, 0.25) is 0 Å². The monoisotopic (exact) mass is 267 g/mol. The summed E-state index contributed by atoms with van der Waals surface area (Å²) in [6.07, 6.45) is 10.5. The van der Waals surface area contributed by atoms with Crippen molar-refractivity contribution in [3.05, 3.63) is 0 Å². The van der Waals surface area contributed by atoms with Crippen LogP contribution >= 0.6 is 0 Å². The number of hydrogen-bond acceptors (Lipinski definition) is 2. The van der Waals surface area contributed by atoms with E-state index in [1.807, 2.05) is 0 Å². The van der Waals surface area contributed by atoms with Crippen LogP contribution in [0.1, 0.15) is 72.1 Å². The predicted octanol–water partition coefficient (Wildman–Crippen LogP) is 4.14. The summed E-state index contributed by atoms with van der Waals surface area (Å²) in [4.78, 5) is 0. The molecule has 2 unspecified atom stereocenters. The fourth-order valence-corrected chi connectivity index (χ4v) is 3.68. The SMILES string of the molecule is CCCNC(CCC(C)C)C1CCOC2(CCC2)C1. The largest absolute Gasteiger partial charge is 0.375 e. The smallest absolute Gasteiger partial charge is 0.0685 e. The maximum Gasteiger partial charge on any atom is 0.0685 e. The second-order valence-corrected chi connectivity index (χ2v) is 7.17. The van der Waals surface area contributed by atoms with E-state index in [0.29, 0.717) is 5.60 Å². The fourth-order valence-electron chi connectivity index (χ4n) is 3.68. The van der Waals surface area contributed by atoms with E-state index in [1.165, 1.54) is 57.9 Å². The summed E-state index contributed by atoms with van der Waals surface area (Å²) in [5.74, 6) is 1.67. The average Bonchev–Trinajstić information content (AvgIpc) is 2.37. The molecule has 2 nitrogen and oxygen atoms in total. The van der Waals surface area contributed by atoms with Crippen LogP contribution < -0.4 is 5.32 Å². The lowest BCUT2D eigenvalue weighted by Crippen LogP contribution is -2.50. The quantitative estimate of drug-likeness (QED) is 0.748. The standard InChI is InChI=1S/C17H33NO/c1-4-11-18-16(7-6-14(2)3)15-8-12-19-17(13-15)9-5-10-17/h14-16,18H,4-13H2,1-3H3. The van der Waals surface area contributed by atoms with Crippen LogP contribution in [-0.2, 0) is 4.74 Å². The van der Waals surface area contributed by atoms with Crippen molar-refractivity contribution in [1.82, 2.24) is 5.32 Å². The van der Waals surface area contributed by atoms with Crippen molar-refractivity contribution < 1.29 is 4.74 Å². The van der Waals surface area contributed by atoms with E-state index in [1.54, 1.807) is 0 Å². The van der Waals surface area contributed by atoms with Crippen LogP contribution in [0.25, 0.3) is 0 Å². The summed E-state index contributed by atoms with van der Waals surface area (Å²) in [5, 5.41) is 3.82. The molecule has 1 aliphatic carbocycles. The van der Waals surface area contributed by atoms with Crippen LogP contribution in [0.2, 0.25) is 0 Å². The highest BCUT2D eigenvalue weighted by Crippen LogP contribution is 2.45. The van der Waals surface area contributed by atoms with E-state index >= 15 is 0 Å². The molecule has 1 saturated carbocycles. The summed E-state index contributed by atoms with van der Waals surface area (Å²) in [7, 11) is 0. The van der Waals surface area contributed by atoms with Gasteiger partial charge in [-0.3, -0.25) is 0 Å². The Bertz CT molecular complexity index is 260. The van der Waals surface area contributed by atoms with Crippen molar-refractivity contribution in [3.8, 4) is 0 Å². The van der Waals surface area contributed by atoms with Crippen LogP contribution in [-0.4, -0.2) is 24.8 Å². The molecule has 2 atom stereocenters.